The van der Waals surface area contributed by atoms with E-state index in [1.54, 1.807) is 0 Å². The zero-order valence-electron chi connectivity index (χ0n) is 16.7. The average molecular weight is 554 g/mol. The minimum atomic E-state index is -5.76. The molecule has 4 unspecified atom stereocenters. The fraction of sp³-hybridized carbons (Fsp3) is 0.538. The highest BCUT2D eigenvalue weighted by molar-refractivity contribution is 7.66. The zero-order chi connectivity index (χ0) is 25.4. The van der Waals surface area contributed by atoms with Crippen molar-refractivity contribution in [1.82, 2.24) is 9.55 Å². The predicted octanol–water partition coefficient (Wildman–Crippen LogP) is -0.184. The first-order chi connectivity index (χ1) is 14.9. The van der Waals surface area contributed by atoms with E-state index in [1.165, 1.54) is 13.0 Å². The van der Waals surface area contributed by atoms with Gasteiger partial charge in [-0.2, -0.15) is 13.6 Å². The molecule has 0 spiro atoms. The summed E-state index contributed by atoms with van der Waals surface area (Å²) < 4.78 is 52.6. The number of aromatic nitrogens is 2. The van der Waals surface area contributed by atoms with E-state index in [2.05, 4.69) is 30.0 Å². The maximum absolute atomic E-state index is 12.2. The molecule has 20 heteroatoms. The van der Waals surface area contributed by atoms with E-state index < -0.39 is 58.6 Å². The van der Waals surface area contributed by atoms with Crippen molar-refractivity contribution >= 4 is 40.9 Å². The predicted molar refractivity (Wildman–Crippen MR) is 109 cm³/mol. The Labute approximate surface area is 190 Å². The molecular formula is C13H19ClN3O13P3. The van der Waals surface area contributed by atoms with Crippen LogP contribution in [-0.2, 0) is 31.6 Å². The van der Waals surface area contributed by atoms with Crippen LogP contribution in [0.1, 0.15) is 20.1 Å². The Morgan fingerprint density at radius 1 is 1.27 bits per heavy atom. The SMILES string of the molecule is CC#CC1(Cl)C(O)[C@@H]([C@H](C)OP(=O)(O)OP(=O)(O)OP(=O)(O)O)O[C@H]1n1ccc(N)nc1=O. The van der Waals surface area contributed by atoms with Crippen molar-refractivity contribution in [1.29, 1.82) is 0 Å². The van der Waals surface area contributed by atoms with E-state index >= 15 is 0 Å². The summed E-state index contributed by atoms with van der Waals surface area (Å²) >= 11 is 6.45. The smallest absolute Gasteiger partial charge is 0.387 e. The summed E-state index contributed by atoms with van der Waals surface area (Å²) in [5.41, 5.74) is 4.52. The molecule has 2 rings (SSSR count). The van der Waals surface area contributed by atoms with Crippen LogP contribution in [-0.4, -0.2) is 57.4 Å². The Balaban J connectivity index is 2.31. The fourth-order valence-electron chi connectivity index (χ4n) is 2.84. The van der Waals surface area contributed by atoms with Crippen LogP contribution in [0.25, 0.3) is 0 Å². The molecule has 1 aliphatic heterocycles. The molecule has 186 valence electrons. The first-order valence-corrected chi connectivity index (χ1v) is 13.4. The van der Waals surface area contributed by atoms with Gasteiger partial charge >= 0.3 is 29.2 Å². The van der Waals surface area contributed by atoms with Crippen LogP contribution < -0.4 is 11.4 Å². The first kappa shape index (κ1) is 28.1. The highest BCUT2D eigenvalue weighted by atomic mass is 35.5. The number of hydrogen-bond donors (Lipinski definition) is 6. The Morgan fingerprint density at radius 3 is 2.39 bits per heavy atom. The zero-order valence-corrected chi connectivity index (χ0v) is 20.1. The number of aliphatic hydroxyl groups excluding tert-OH is 1. The van der Waals surface area contributed by atoms with Gasteiger partial charge in [0.15, 0.2) is 11.1 Å². The van der Waals surface area contributed by atoms with Gasteiger partial charge < -0.3 is 35.2 Å². The Bertz CT molecular complexity index is 1160. The van der Waals surface area contributed by atoms with Crippen molar-refractivity contribution in [2.24, 2.45) is 0 Å². The lowest BCUT2D eigenvalue weighted by Gasteiger charge is -2.26. The number of anilines is 1. The largest absolute Gasteiger partial charge is 0.490 e. The van der Waals surface area contributed by atoms with Gasteiger partial charge in [0, 0.05) is 6.20 Å². The van der Waals surface area contributed by atoms with Crippen molar-refractivity contribution in [3.8, 4) is 11.8 Å². The van der Waals surface area contributed by atoms with E-state index in [1.807, 2.05) is 0 Å². The molecule has 33 heavy (non-hydrogen) atoms. The number of nitrogens with zero attached hydrogens (tertiary/aromatic N) is 2. The molecular weight excluding hydrogens is 535 g/mol. The van der Waals surface area contributed by atoms with Crippen molar-refractivity contribution < 1.29 is 56.3 Å². The van der Waals surface area contributed by atoms with Gasteiger partial charge in [-0.05, 0) is 19.9 Å². The quantitative estimate of drug-likeness (QED) is 0.139. The number of aliphatic hydroxyl groups is 1. The van der Waals surface area contributed by atoms with Gasteiger partial charge in [0.1, 0.15) is 18.0 Å². The third-order valence-corrected chi connectivity index (χ3v) is 8.42. The molecule has 1 fully saturated rings. The number of ether oxygens (including phenoxy) is 1. The van der Waals surface area contributed by atoms with Crippen molar-refractivity contribution in [2.75, 3.05) is 5.73 Å². The van der Waals surface area contributed by atoms with E-state index in [0.717, 1.165) is 17.7 Å². The summed E-state index contributed by atoms with van der Waals surface area (Å²) in [4.78, 5) is 49.9. The standard InChI is InChI=1S/C13H19ClN3O13P3/c1-3-5-13(14)10(18)9(27-11(13)17-6-4-8(15)16-12(17)19)7(2)28-32(23,24)30-33(25,26)29-31(20,21)22/h4,6-7,9-11,18H,1-2H3,(H,23,24)(H,25,26)(H2,15,16,19)(H2,20,21,22)/t7-,9+,10?,11+,13?/m0/s1. The molecule has 0 aliphatic carbocycles. The van der Waals surface area contributed by atoms with Gasteiger partial charge in [-0.25, -0.2) is 18.5 Å². The van der Waals surface area contributed by atoms with E-state index in [9.17, 15) is 33.4 Å². The normalized spacial score (nSPS) is 30.0. The number of nitrogen functional groups attached to an aromatic ring is 1. The number of rotatable bonds is 8. The van der Waals surface area contributed by atoms with Crippen LogP contribution in [0.3, 0.4) is 0 Å². The monoisotopic (exact) mass is 553 g/mol. The lowest BCUT2D eigenvalue weighted by atomic mass is 9.96. The van der Waals surface area contributed by atoms with E-state index in [0.29, 0.717) is 0 Å². The van der Waals surface area contributed by atoms with Crippen molar-refractivity contribution in [3.63, 3.8) is 0 Å². The maximum atomic E-state index is 12.2. The second-order valence-electron chi connectivity index (χ2n) is 6.48. The Kier molecular flexibility index (Phi) is 8.39. The molecule has 0 saturated carbocycles. The van der Waals surface area contributed by atoms with Crippen molar-refractivity contribution in [3.05, 3.63) is 22.7 Å². The maximum Gasteiger partial charge on any atom is 0.490 e. The summed E-state index contributed by atoms with van der Waals surface area (Å²) in [6, 6.07) is 1.23. The van der Waals surface area contributed by atoms with Gasteiger partial charge in [0.25, 0.3) is 0 Å². The minimum Gasteiger partial charge on any atom is -0.387 e. The van der Waals surface area contributed by atoms with Crippen LogP contribution in [0.2, 0.25) is 0 Å². The molecule has 7 atom stereocenters. The first-order valence-electron chi connectivity index (χ1n) is 8.54. The molecule has 0 amide bonds. The van der Waals surface area contributed by atoms with Crippen LogP contribution in [0, 0.1) is 11.8 Å². The third-order valence-electron chi connectivity index (χ3n) is 3.99. The molecule has 2 heterocycles. The highest BCUT2D eigenvalue weighted by Gasteiger charge is 2.58. The number of alkyl halides is 1. The summed E-state index contributed by atoms with van der Waals surface area (Å²) in [5.74, 6) is 4.83. The van der Waals surface area contributed by atoms with E-state index in [4.69, 9.17) is 31.9 Å². The molecule has 1 saturated heterocycles. The summed E-state index contributed by atoms with van der Waals surface area (Å²) in [6.45, 7) is 2.44. The summed E-state index contributed by atoms with van der Waals surface area (Å²) in [5, 5.41) is 10.7. The van der Waals surface area contributed by atoms with Crippen molar-refractivity contribution in [2.45, 2.75) is 43.3 Å². The molecule has 16 nitrogen and oxygen atoms in total. The minimum absolute atomic E-state index is 0.117. The van der Waals surface area contributed by atoms with Crippen LogP contribution >= 0.6 is 35.1 Å². The number of halogens is 1. The van der Waals surface area contributed by atoms with Crippen LogP contribution in [0.15, 0.2) is 17.1 Å². The molecule has 0 bridgehead atoms. The lowest BCUT2D eigenvalue weighted by molar-refractivity contribution is -0.0749. The average Bonchev–Trinajstić information content (AvgIpc) is 2.83. The number of nitrogens with two attached hydrogens (primary N) is 1. The van der Waals surface area contributed by atoms with Gasteiger partial charge in [-0.15, -0.1) is 5.92 Å². The fourth-order valence-corrected chi connectivity index (χ4v) is 6.42. The summed E-state index contributed by atoms with van der Waals surface area (Å²) in [7, 11) is -16.9. The highest BCUT2D eigenvalue weighted by Crippen LogP contribution is 2.66. The van der Waals surface area contributed by atoms with Gasteiger partial charge in [0.2, 0.25) is 0 Å². The lowest BCUT2D eigenvalue weighted by Crippen LogP contribution is -2.45. The molecule has 1 aliphatic rings. The molecule has 0 radical (unpaired) electrons. The number of hydrogen-bond acceptors (Lipinski definition) is 11. The van der Waals surface area contributed by atoms with Crippen LogP contribution in [0.4, 0.5) is 5.82 Å². The summed E-state index contributed by atoms with van der Waals surface area (Å²) in [6.07, 6.45) is -5.33. The van der Waals surface area contributed by atoms with Crippen LogP contribution in [0.5, 0.6) is 0 Å². The molecule has 0 aromatic carbocycles. The third kappa shape index (κ3) is 6.94. The number of phosphoric ester groups is 1. The molecule has 1 aromatic heterocycles. The van der Waals surface area contributed by atoms with E-state index in [-0.39, 0.29) is 5.82 Å². The molecule has 1 aromatic rings. The van der Waals surface area contributed by atoms with Gasteiger partial charge in [-0.1, -0.05) is 17.5 Å². The Morgan fingerprint density at radius 2 is 1.88 bits per heavy atom. The Hall–Kier alpha value is -1.14. The topological polar surface area (TPSA) is 250 Å². The second kappa shape index (κ2) is 9.85. The second-order valence-corrected chi connectivity index (χ2v) is 11.5. The molecule has 7 N–H and O–H groups in total. The van der Waals surface area contributed by atoms with Gasteiger partial charge in [0.05, 0.1) is 6.10 Å². The van der Waals surface area contributed by atoms with Gasteiger partial charge in [-0.3, -0.25) is 9.09 Å². The number of phosphoric acid groups is 3.